The lowest BCUT2D eigenvalue weighted by Crippen LogP contribution is -2.05. The van der Waals surface area contributed by atoms with Gasteiger partial charge in [-0.05, 0) is 11.6 Å². The first-order chi connectivity index (χ1) is 8.09. The Morgan fingerprint density at radius 1 is 0.941 bits per heavy atom. The standard InChI is InChI=1S/C11H5Cl3N2O/c12-9-7(10(13)16-11(14)15-9)8(17)6-4-2-1-3-5-6/h1-5H. The van der Waals surface area contributed by atoms with Gasteiger partial charge in [-0.25, -0.2) is 9.97 Å². The van der Waals surface area contributed by atoms with Crippen molar-refractivity contribution in [2.24, 2.45) is 0 Å². The van der Waals surface area contributed by atoms with Crippen LogP contribution in [0.25, 0.3) is 0 Å². The molecule has 0 aliphatic heterocycles. The molecule has 2 aromatic rings. The highest BCUT2D eigenvalue weighted by molar-refractivity contribution is 6.40. The summed E-state index contributed by atoms with van der Waals surface area (Å²) in [6, 6.07) is 8.60. The molecule has 0 atom stereocenters. The maximum atomic E-state index is 12.1. The lowest BCUT2D eigenvalue weighted by atomic mass is 10.1. The van der Waals surface area contributed by atoms with Gasteiger partial charge in [-0.15, -0.1) is 0 Å². The Hall–Kier alpha value is -1.16. The Bertz CT molecular complexity index is 549. The maximum absolute atomic E-state index is 12.1. The largest absolute Gasteiger partial charge is 0.288 e. The maximum Gasteiger partial charge on any atom is 0.225 e. The molecule has 0 bridgehead atoms. The van der Waals surface area contributed by atoms with Crippen LogP contribution in [0, 0.1) is 0 Å². The lowest BCUT2D eigenvalue weighted by molar-refractivity contribution is 0.103. The van der Waals surface area contributed by atoms with Crippen molar-refractivity contribution in [1.29, 1.82) is 0 Å². The van der Waals surface area contributed by atoms with Crippen molar-refractivity contribution in [3.8, 4) is 0 Å². The zero-order valence-electron chi connectivity index (χ0n) is 8.32. The zero-order chi connectivity index (χ0) is 12.4. The molecule has 0 aliphatic rings. The van der Waals surface area contributed by atoms with Crippen molar-refractivity contribution < 1.29 is 4.79 Å². The van der Waals surface area contributed by atoms with E-state index in [2.05, 4.69) is 9.97 Å². The fourth-order valence-corrected chi connectivity index (χ4v) is 2.12. The van der Waals surface area contributed by atoms with E-state index in [0.717, 1.165) is 0 Å². The van der Waals surface area contributed by atoms with Gasteiger partial charge in [0.25, 0.3) is 0 Å². The van der Waals surface area contributed by atoms with E-state index in [9.17, 15) is 4.79 Å². The second kappa shape index (κ2) is 5.00. The molecule has 0 N–H and O–H groups in total. The summed E-state index contributed by atoms with van der Waals surface area (Å²) in [4.78, 5) is 19.5. The van der Waals surface area contributed by atoms with E-state index in [1.807, 2.05) is 0 Å². The van der Waals surface area contributed by atoms with Crippen molar-refractivity contribution >= 4 is 40.6 Å². The summed E-state index contributed by atoms with van der Waals surface area (Å²) in [6.07, 6.45) is 0. The third-order valence-corrected chi connectivity index (χ3v) is 2.77. The molecule has 17 heavy (non-hydrogen) atoms. The quantitative estimate of drug-likeness (QED) is 0.481. The number of carbonyl (C=O) groups excluding carboxylic acids is 1. The molecule has 0 radical (unpaired) electrons. The van der Waals surface area contributed by atoms with Crippen molar-refractivity contribution in [3.05, 3.63) is 57.0 Å². The topological polar surface area (TPSA) is 42.9 Å². The molecule has 86 valence electrons. The van der Waals surface area contributed by atoms with Crippen LogP contribution in [0.3, 0.4) is 0 Å². The zero-order valence-corrected chi connectivity index (χ0v) is 10.6. The second-order valence-electron chi connectivity index (χ2n) is 3.14. The molecule has 1 aromatic carbocycles. The molecule has 1 aromatic heterocycles. The number of ketones is 1. The predicted molar refractivity (Wildman–Crippen MR) is 66.9 cm³/mol. The van der Waals surface area contributed by atoms with Crippen LogP contribution < -0.4 is 0 Å². The molecule has 0 spiro atoms. The van der Waals surface area contributed by atoms with Gasteiger partial charge in [0, 0.05) is 5.56 Å². The monoisotopic (exact) mass is 286 g/mol. The fourth-order valence-electron chi connectivity index (χ4n) is 1.31. The number of nitrogens with zero attached hydrogens (tertiary/aromatic N) is 2. The number of benzene rings is 1. The van der Waals surface area contributed by atoms with E-state index in [0.29, 0.717) is 5.56 Å². The first-order valence-corrected chi connectivity index (χ1v) is 5.71. The van der Waals surface area contributed by atoms with E-state index in [4.69, 9.17) is 34.8 Å². The van der Waals surface area contributed by atoms with E-state index in [-0.39, 0.29) is 26.9 Å². The number of aromatic nitrogens is 2. The minimum atomic E-state index is -0.336. The van der Waals surface area contributed by atoms with E-state index >= 15 is 0 Å². The summed E-state index contributed by atoms with van der Waals surface area (Å²) in [7, 11) is 0. The summed E-state index contributed by atoms with van der Waals surface area (Å²) < 4.78 is 0. The van der Waals surface area contributed by atoms with Gasteiger partial charge in [-0.2, -0.15) is 0 Å². The summed E-state index contributed by atoms with van der Waals surface area (Å²) in [5.41, 5.74) is 0.520. The molecule has 0 fully saturated rings. The molecule has 0 amide bonds. The molecule has 6 heteroatoms. The molecular weight excluding hydrogens is 282 g/mol. The van der Waals surface area contributed by atoms with Gasteiger partial charge in [0.1, 0.15) is 10.3 Å². The summed E-state index contributed by atoms with van der Waals surface area (Å²) in [6.45, 7) is 0. The number of rotatable bonds is 2. The van der Waals surface area contributed by atoms with Gasteiger partial charge in [0.2, 0.25) is 5.28 Å². The van der Waals surface area contributed by atoms with Gasteiger partial charge in [-0.3, -0.25) is 4.79 Å². The smallest absolute Gasteiger partial charge is 0.225 e. The van der Waals surface area contributed by atoms with Crippen LogP contribution in [0.5, 0.6) is 0 Å². The Labute approximate surface area is 112 Å². The number of hydrogen-bond donors (Lipinski definition) is 0. The SMILES string of the molecule is O=C(c1ccccc1)c1c(Cl)nc(Cl)nc1Cl. The Balaban J connectivity index is 2.52. The first-order valence-electron chi connectivity index (χ1n) is 4.58. The minimum absolute atomic E-state index is 0.0520. The van der Waals surface area contributed by atoms with Gasteiger partial charge >= 0.3 is 0 Å². The van der Waals surface area contributed by atoms with Gasteiger partial charge < -0.3 is 0 Å². The lowest BCUT2D eigenvalue weighted by Gasteiger charge is -2.04. The van der Waals surface area contributed by atoms with Crippen molar-refractivity contribution in [3.63, 3.8) is 0 Å². The van der Waals surface area contributed by atoms with Crippen LogP contribution in [0.1, 0.15) is 15.9 Å². The van der Waals surface area contributed by atoms with Gasteiger partial charge in [-0.1, -0.05) is 53.5 Å². The van der Waals surface area contributed by atoms with Crippen LogP contribution in [-0.2, 0) is 0 Å². The summed E-state index contributed by atoms with van der Waals surface area (Å²) in [5.74, 6) is -0.336. The van der Waals surface area contributed by atoms with E-state index in [1.54, 1.807) is 30.3 Å². The first kappa shape index (κ1) is 12.3. The average molecular weight is 288 g/mol. The molecule has 0 saturated carbocycles. The van der Waals surface area contributed by atoms with Gasteiger partial charge in [0.15, 0.2) is 5.78 Å². The third-order valence-electron chi connectivity index (χ3n) is 2.06. The number of hydrogen-bond acceptors (Lipinski definition) is 3. The average Bonchev–Trinajstić information content (AvgIpc) is 2.28. The second-order valence-corrected chi connectivity index (χ2v) is 4.20. The summed E-state index contributed by atoms with van der Waals surface area (Å²) in [5, 5.41) is -0.197. The molecule has 1 heterocycles. The van der Waals surface area contributed by atoms with Crippen LogP contribution in [0.15, 0.2) is 30.3 Å². The van der Waals surface area contributed by atoms with E-state index < -0.39 is 0 Å². The fraction of sp³-hybridized carbons (Fsp3) is 0. The van der Waals surface area contributed by atoms with Crippen molar-refractivity contribution in [1.82, 2.24) is 9.97 Å². The van der Waals surface area contributed by atoms with E-state index in [1.165, 1.54) is 0 Å². The number of carbonyl (C=O) groups is 1. The predicted octanol–water partition coefficient (Wildman–Crippen LogP) is 3.67. The Kier molecular flexibility index (Phi) is 3.62. The molecule has 0 unspecified atom stereocenters. The molecule has 0 saturated heterocycles. The molecule has 2 rings (SSSR count). The van der Waals surface area contributed by atoms with Crippen molar-refractivity contribution in [2.75, 3.05) is 0 Å². The van der Waals surface area contributed by atoms with Crippen LogP contribution in [0.2, 0.25) is 15.6 Å². The normalized spacial score (nSPS) is 10.3. The van der Waals surface area contributed by atoms with Gasteiger partial charge in [0.05, 0.1) is 5.56 Å². The molecule has 3 nitrogen and oxygen atoms in total. The van der Waals surface area contributed by atoms with Crippen LogP contribution in [0.4, 0.5) is 0 Å². The van der Waals surface area contributed by atoms with Crippen LogP contribution in [-0.4, -0.2) is 15.8 Å². The van der Waals surface area contributed by atoms with Crippen molar-refractivity contribution in [2.45, 2.75) is 0 Å². The third kappa shape index (κ3) is 2.57. The van der Waals surface area contributed by atoms with Crippen LogP contribution >= 0.6 is 34.8 Å². The Morgan fingerprint density at radius 3 is 2.00 bits per heavy atom. The molecular formula is C11H5Cl3N2O. The minimum Gasteiger partial charge on any atom is -0.288 e. The Morgan fingerprint density at radius 2 is 1.47 bits per heavy atom. The molecule has 0 aliphatic carbocycles. The highest BCUT2D eigenvalue weighted by Gasteiger charge is 2.19. The summed E-state index contributed by atoms with van der Waals surface area (Å²) >= 11 is 17.2. The highest BCUT2D eigenvalue weighted by Crippen LogP contribution is 2.25. The number of halogens is 3. The highest BCUT2D eigenvalue weighted by atomic mass is 35.5.